The van der Waals surface area contributed by atoms with Crippen LogP contribution in [0.4, 0.5) is 0 Å². The van der Waals surface area contributed by atoms with Gasteiger partial charge in [-0.1, -0.05) is 0 Å². The van der Waals surface area contributed by atoms with E-state index in [1.807, 2.05) is 11.8 Å². The number of rotatable bonds is 3. The van der Waals surface area contributed by atoms with Crippen LogP contribution in [0.3, 0.4) is 0 Å². The summed E-state index contributed by atoms with van der Waals surface area (Å²) in [6.07, 6.45) is 2.64. The van der Waals surface area contributed by atoms with E-state index in [-0.39, 0.29) is 11.9 Å². The van der Waals surface area contributed by atoms with E-state index in [0.717, 1.165) is 19.8 Å². The third-order valence-corrected chi connectivity index (χ3v) is 3.16. The monoisotopic (exact) mass is 197 g/mol. The highest BCUT2D eigenvalue weighted by Crippen LogP contribution is 2.08. The van der Waals surface area contributed by atoms with Crippen LogP contribution < -0.4 is 5.32 Å². The fourth-order valence-electron chi connectivity index (χ4n) is 2.14. The average molecular weight is 197 g/mol. The van der Waals surface area contributed by atoms with Crippen molar-refractivity contribution in [1.29, 1.82) is 0 Å². The molecule has 0 bridgehead atoms. The fraction of sp³-hybridized carbons (Fsp3) is 0.900. The van der Waals surface area contributed by atoms with Crippen molar-refractivity contribution in [3.05, 3.63) is 0 Å². The normalized spacial score (nSPS) is 29.1. The van der Waals surface area contributed by atoms with E-state index < -0.39 is 0 Å². The molecule has 2 aliphatic heterocycles. The Morgan fingerprint density at radius 1 is 1.36 bits per heavy atom. The zero-order valence-electron chi connectivity index (χ0n) is 8.83. The topological polar surface area (TPSA) is 35.6 Å². The Hall–Kier alpha value is -0.610. The summed E-state index contributed by atoms with van der Waals surface area (Å²) < 4.78 is 0. The van der Waals surface area contributed by atoms with Crippen molar-refractivity contribution in [1.82, 2.24) is 15.1 Å². The van der Waals surface area contributed by atoms with Gasteiger partial charge in [-0.25, -0.2) is 0 Å². The molecule has 2 fully saturated rings. The van der Waals surface area contributed by atoms with Crippen LogP contribution in [0.2, 0.25) is 0 Å². The van der Waals surface area contributed by atoms with Crippen molar-refractivity contribution < 1.29 is 4.79 Å². The second-order valence-corrected chi connectivity index (χ2v) is 4.23. The molecule has 2 heterocycles. The van der Waals surface area contributed by atoms with Gasteiger partial charge < -0.3 is 9.80 Å². The van der Waals surface area contributed by atoms with E-state index in [1.54, 1.807) is 0 Å². The Kier molecular flexibility index (Phi) is 3.03. The number of hydrogen-bond donors (Lipinski definition) is 1. The lowest BCUT2D eigenvalue weighted by Gasteiger charge is -2.20. The zero-order chi connectivity index (χ0) is 9.97. The Morgan fingerprint density at radius 3 is 2.64 bits per heavy atom. The van der Waals surface area contributed by atoms with Gasteiger partial charge in [-0.2, -0.15) is 0 Å². The summed E-state index contributed by atoms with van der Waals surface area (Å²) >= 11 is 0. The summed E-state index contributed by atoms with van der Waals surface area (Å²) in [5.74, 6) is 0.254. The van der Waals surface area contributed by atoms with Gasteiger partial charge in [0.25, 0.3) is 0 Å². The van der Waals surface area contributed by atoms with Gasteiger partial charge in [0.15, 0.2) is 0 Å². The minimum atomic E-state index is 0.0218. The molecule has 1 atom stereocenters. The van der Waals surface area contributed by atoms with Crippen molar-refractivity contribution >= 4 is 5.91 Å². The van der Waals surface area contributed by atoms with Crippen LogP contribution in [-0.4, -0.2) is 54.6 Å². The third-order valence-electron chi connectivity index (χ3n) is 3.16. The molecule has 0 spiro atoms. The Labute approximate surface area is 85.2 Å². The maximum absolute atomic E-state index is 11.6. The number of amides is 1. The molecule has 0 aromatic heterocycles. The molecule has 4 nitrogen and oxygen atoms in total. The molecule has 0 aliphatic carbocycles. The van der Waals surface area contributed by atoms with Crippen molar-refractivity contribution in [2.75, 3.05) is 32.8 Å². The minimum absolute atomic E-state index is 0.0218. The second kappa shape index (κ2) is 4.28. The molecule has 2 rings (SSSR count). The Bertz CT molecular complexity index is 213. The highest BCUT2D eigenvalue weighted by Gasteiger charge is 2.27. The molecule has 0 saturated carbocycles. The van der Waals surface area contributed by atoms with Gasteiger partial charge in [0.05, 0.1) is 12.7 Å². The largest absolute Gasteiger partial charge is 0.327 e. The van der Waals surface area contributed by atoms with Crippen molar-refractivity contribution in [3.63, 3.8) is 0 Å². The first-order valence-corrected chi connectivity index (χ1v) is 5.52. The molecule has 2 saturated heterocycles. The van der Waals surface area contributed by atoms with E-state index >= 15 is 0 Å². The molecule has 1 amide bonds. The Balaban J connectivity index is 1.72. The van der Waals surface area contributed by atoms with Crippen molar-refractivity contribution in [3.8, 4) is 0 Å². The molecule has 4 heteroatoms. The fourth-order valence-corrected chi connectivity index (χ4v) is 2.14. The summed E-state index contributed by atoms with van der Waals surface area (Å²) in [4.78, 5) is 15.9. The predicted molar refractivity (Wildman–Crippen MR) is 54.9 cm³/mol. The molecule has 0 aromatic rings. The number of nitrogens with one attached hydrogen (secondary N) is 1. The van der Waals surface area contributed by atoms with Crippen LogP contribution in [-0.2, 0) is 4.79 Å². The van der Waals surface area contributed by atoms with E-state index in [1.165, 1.54) is 25.9 Å². The number of likely N-dealkylation sites (tertiary alicyclic amines) is 1. The molecule has 0 aromatic carbocycles. The third kappa shape index (κ3) is 2.07. The smallest absolute Gasteiger partial charge is 0.240 e. The summed E-state index contributed by atoms with van der Waals surface area (Å²) in [5.41, 5.74) is 0. The first-order valence-electron chi connectivity index (χ1n) is 5.52. The van der Waals surface area contributed by atoms with E-state index in [4.69, 9.17) is 0 Å². The van der Waals surface area contributed by atoms with Crippen LogP contribution in [0.1, 0.15) is 19.8 Å². The van der Waals surface area contributed by atoms with Crippen LogP contribution in [0, 0.1) is 0 Å². The molecule has 1 unspecified atom stereocenters. The van der Waals surface area contributed by atoms with Gasteiger partial charge in [0, 0.05) is 13.1 Å². The summed E-state index contributed by atoms with van der Waals surface area (Å²) in [7, 11) is 0. The molecule has 14 heavy (non-hydrogen) atoms. The molecule has 0 radical (unpaired) electrons. The van der Waals surface area contributed by atoms with E-state index in [9.17, 15) is 4.79 Å². The second-order valence-electron chi connectivity index (χ2n) is 4.23. The molecule has 80 valence electrons. The van der Waals surface area contributed by atoms with Gasteiger partial charge >= 0.3 is 0 Å². The van der Waals surface area contributed by atoms with Crippen LogP contribution >= 0.6 is 0 Å². The van der Waals surface area contributed by atoms with Crippen molar-refractivity contribution in [2.24, 2.45) is 0 Å². The summed E-state index contributed by atoms with van der Waals surface area (Å²) in [6, 6.07) is 0.0218. The van der Waals surface area contributed by atoms with Gasteiger partial charge in [0.2, 0.25) is 5.91 Å². The van der Waals surface area contributed by atoms with Crippen LogP contribution in [0.25, 0.3) is 0 Å². The van der Waals surface area contributed by atoms with Gasteiger partial charge in [-0.05, 0) is 32.9 Å². The first kappa shape index (κ1) is 9.93. The van der Waals surface area contributed by atoms with Gasteiger partial charge in [-0.3, -0.25) is 10.1 Å². The van der Waals surface area contributed by atoms with Crippen LogP contribution in [0.15, 0.2) is 0 Å². The highest BCUT2D eigenvalue weighted by atomic mass is 16.2. The lowest BCUT2D eigenvalue weighted by atomic mass is 10.3. The maximum atomic E-state index is 11.6. The van der Waals surface area contributed by atoms with Gasteiger partial charge in [-0.15, -0.1) is 0 Å². The maximum Gasteiger partial charge on any atom is 0.240 e. The SMILES string of the molecule is CC1NCN(CCN2CCCC2)C1=O. The quantitative estimate of drug-likeness (QED) is 0.684. The lowest BCUT2D eigenvalue weighted by Crippen LogP contribution is -2.36. The van der Waals surface area contributed by atoms with Crippen molar-refractivity contribution in [2.45, 2.75) is 25.8 Å². The molecule has 2 aliphatic rings. The van der Waals surface area contributed by atoms with E-state index in [2.05, 4.69) is 10.2 Å². The average Bonchev–Trinajstić information content (AvgIpc) is 2.77. The van der Waals surface area contributed by atoms with Crippen LogP contribution in [0.5, 0.6) is 0 Å². The molecular weight excluding hydrogens is 178 g/mol. The Morgan fingerprint density at radius 2 is 2.07 bits per heavy atom. The molecular formula is C10H19N3O. The highest BCUT2D eigenvalue weighted by molar-refractivity contribution is 5.83. The van der Waals surface area contributed by atoms with E-state index in [0.29, 0.717) is 0 Å². The number of hydrogen-bond acceptors (Lipinski definition) is 3. The standard InChI is InChI=1S/C10H19N3O/c1-9-10(14)13(8-11-9)7-6-12-4-2-3-5-12/h9,11H,2-8H2,1H3. The number of carbonyl (C=O) groups excluding carboxylic acids is 1. The zero-order valence-corrected chi connectivity index (χ0v) is 8.83. The predicted octanol–water partition coefficient (Wildman–Crippen LogP) is -0.140. The number of carbonyl (C=O) groups is 1. The number of nitrogens with zero attached hydrogens (tertiary/aromatic N) is 2. The molecule has 1 N–H and O–H groups in total. The first-order chi connectivity index (χ1) is 6.77. The van der Waals surface area contributed by atoms with Gasteiger partial charge in [0.1, 0.15) is 0 Å². The summed E-state index contributed by atoms with van der Waals surface area (Å²) in [5, 5.41) is 3.15. The lowest BCUT2D eigenvalue weighted by molar-refractivity contribution is -0.128. The summed E-state index contributed by atoms with van der Waals surface area (Å²) in [6.45, 7) is 7.01. The minimum Gasteiger partial charge on any atom is -0.327 e.